The summed E-state index contributed by atoms with van der Waals surface area (Å²) >= 11 is 1.86. The lowest BCUT2D eigenvalue weighted by molar-refractivity contribution is 0.0769. The smallest absolute Gasteiger partial charge is 0.257 e. The van der Waals surface area contributed by atoms with E-state index in [1.165, 1.54) is 0 Å². The summed E-state index contributed by atoms with van der Waals surface area (Å²) < 4.78 is 5.27. The van der Waals surface area contributed by atoms with Crippen molar-refractivity contribution < 1.29 is 14.6 Å². The molecule has 1 N–H and O–H groups in total. The van der Waals surface area contributed by atoms with Crippen LogP contribution < -0.4 is 4.74 Å². The Morgan fingerprint density at radius 2 is 2.10 bits per heavy atom. The fourth-order valence-electron chi connectivity index (χ4n) is 2.41. The number of benzene rings is 1. The third kappa shape index (κ3) is 3.03. The predicted octanol–water partition coefficient (Wildman–Crippen LogP) is 2.54. The van der Waals surface area contributed by atoms with Gasteiger partial charge in [0.2, 0.25) is 0 Å². The van der Waals surface area contributed by atoms with Crippen molar-refractivity contribution in [3.8, 4) is 11.5 Å². The third-order valence-electron chi connectivity index (χ3n) is 3.49. The van der Waals surface area contributed by atoms with Gasteiger partial charge in [-0.2, -0.15) is 11.8 Å². The number of carbonyl (C=O) groups is 1. The third-order valence-corrected chi connectivity index (χ3v) is 4.43. The summed E-state index contributed by atoms with van der Waals surface area (Å²) in [4.78, 5) is 14.3. The number of phenolic OH excluding ortho intramolecular Hbond substituents is 1. The van der Waals surface area contributed by atoms with Crippen LogP contribution in [0.2, 0.25) is 0 Å². The normalized spacial score (nSPS) is 15.2. The largest absolute Gasteiger partial charge is 0.507 e. The van der Waals surface area contributed by atoms with Crippen LogP contribution in [0.5, 0.6) is 11.5 Å². The molecule has 1 aliphatic rings. The average Bonchev–Trinajstić information content (AvgIpc) is 2.49. The van der Waals surface area contributed by atoms with Gasteiger partial charge in [-0.3, -0.25) is 4.79 Å². The Hall–Kier alpha value is -1.36. The van der Waals surface area contributed by atoms with E-state index in [1.807, 2.05) is 23.6 Å². The van der Waals surface area contributed by atoms with E-state index in [1.54, 1.807) is 19.2 Å². The molecule has 1 aromatic rings. The zero-order valence-corrected chi connectivity index (χ0v) is 12.8. The van der Waals surface area contributed by atoms with Crippen molar-refractivity contribution in [3.63, 3.8) is 0 Å². The molecule has 0 aromatic heterocycles. The highest BCUT2D eigenvalue weighted by atomic mass is 32.2. The molecule has 0 radical (unpaired) electrons. The van der Waals surface area contributed by atoms with Crippen molar-refractivity contribution in [1.82, 2.24) is 4.90 Å². The average molecular weight is 295 g/mol. The Labute approximate surface area is 124 Å². The van der Waals surface area contributed by atoms with Gasteiger partial charge in [0.05, 0.1) is 12.7 Å². The summed E-state index contributed by atoms with van der Waals surface area (Å²) in [6.07, 6.45) is 1.59. The van der Waals surface area contributed by atoms with Crippen LogP contribution in [0, 0.1) is 0 Å². The maximum atomic E-state index is 12.5. The van der Waals surface area contributed by atoms with Crippen LogP contribution in [0.3, 0.4) is 0 Å². The van der Waals surface area contributed by atoms with Gasteiger partial charge in [0.15, 0.2) is 0 Å². The molecule has 0 bridgehead atoms. The summed E-state index contributed by atoms with van der Waals surface area (Å²) in [5.74, 6) is 2.57. The van der Waals surface area contributed by atoms with Crippen LogP contribution in [0.15, 0.2) is 12.1 Å². The van der Waals surface area contributed by atoms with Gasteiger partial charge < -0.3 is 14.7 Å². The van der Waals surface area contributed by atoms with E-state index in [-0.39, 0.29) is 11.7 Å². The quantitative estimate of drug-likeness (QED) is 0.927. The zero-order chi connectivity index (χ0) is 14.5. The highest BCUT2D eigenvalue weighted by Gasteiger charge is 2.23. The molecule has 5 heteroatoms. The number of aromatic hydroxyl groups is 1. The molecule has 1 aromatic carbocycles. The van der Waals surface area contributed by atoms with Gasteiger partial charge in [-0.15, -0.1) is 0 Å². The van der Waals surface area contributed by atoms with E-state index < -0.39 is 0 Å². The number of ether oxygens (including phenoxy) is 1. The number of thioether (sulfide) groups is 1. The first-order valence-electron chi connectivity index (χ1n) is 6.94. The molecule has 0 spiro atoms. The van der Waals surface area contributed by atoms with E-state index in [0.717, 1.165) is 36.6 Å². The molecule has 0 saturated carbocycles. The van der Waals surface area contributed by atoms with E-state index in [0.29, 0.717) is 17.7 Å². The molecule has 20 heavy (non-hydrogen) atoms. The van der Waals surface area contributed by atoms with Gasteiger partial charge >= 0.3 is 0 Å². The monoisotopic (exact) mass is 295 g/mol. The zero-order valence-electron chi connectivity index (χ0n) is 12.0. The molecule has 1 amide bonds. The van der Waals surface area contributed by atoms with Crippen molar-refractivity contribution in [2.75, 3.05) is 31.7 Å². The lowest BCUT2D eigenvalue weighted by Gasteiger charge is -2.27. The van der Waals surface area contributed by atoms with Crippen LogP contribution in [0.1, 0.15) is 29.3 Å². The molecule has 1 aliphatic heterocycles. The number of methoxy groups -OCH3 is 1. The fourth-order valence-corrected chi connectivity index (χ4v) is 3.31. The van der Waals surface area contributed by atoms with Gasteiger partial charge in [-0.1, -0.05) is 13.3 Å². The first-order chi connectivity index (χ1) is 9.69. The van der Waals surface area contributed by atoms with Gasteiger partial charge in [0.1, 0.15) is 11.5 Å². The van der Waals surface area contributed by atoms with Gasteiger partial charge in [-0.25, -0.2) is 0 Å². The highest BCUT2D eigenvalue weighted by molar-refractivity contribution is 7.99. The molecule has 1 fully saturated rings. The minimum absolute atomic E-state index is 0.0782. The van der Waals surface area contributed by atoms with E-state index >= 15 is 0 Å². The summed E-state index contributed by atoms with van der Waals surface area (Å²) in [5.41, 5.74) is 1.12. The van der Waals surface area contributed by atoms with Crippen LogP contribution >= 0.6 is 11.8 Å². The summed E-state index contributed by atoms with van der Waals surface area (Å²) in [5, 5.41) is 10.4. The number of hydrogen-bond acceptors (Lipinski definition) is 4. The molecule has 1 saturated heterocycles. The van der Waals surface area contributed by atoms with Crippen LogP contribution in [-0.2, 0) is 6.42 Å². The van der Waals surface area contributed by atoms with E-state index in [9.17, 15) is 9.90 Å². The second kappa shape index (κ2) is 6.88. The Morgan fingerprint density at radius 1 is 1.40 bits per heavy atom. The van der Waals surface area contributed by atoms with Crippen molar-refractivity contribution in [3.05, 3.63) is 23.3 Å². The van der Waals surface area contributed by atoms with Crippen LogP contribution in [0.4, 0.5) is 0 Å². The first-order valence-corrected chi connectivity index (χ1v) is 8.10. The Kier molecular flexibility index (Phi) is 5.17. The van der Waals surface area contributed by atoms with Crippen LogP contribution in [-0.4, -0.2) is 47.6 Å². The molecule has 1 heterocycles. The minimum atomic E-state index is -0.0807. The Bertz CT molecular complexity index is 484. The maximum absolute atomic E-state index is 12.5. The topological polar surface area (TPSA) is 49.8 Å². The standard InChI is InChI=1S/C15H21NO3S/c1-3-4-11-13(19-2)6-5-12(14(11)17)15(18)16-7-9-20-10-8-16/h5-6,17H,3-4,7-10H2,1-2H3. The Morgan fingerprint density at radius 3 is 2.70 bits per heavy atom. The molecule has 0 aliphatic carbocycles. The van der Waals surface area contributed by atoms with E-state index in [4.69, 9.17) is 4.74 Å². The van der Waals surface area contributed by atoms with Gasteiger partial charge in [0.25, 0.3) is 5.91 Å². The molecular weight excluding hydrogens is 274 g/mol. The molecule has 4 nitrogen and oxygen atoms in total. The number of phenols is 1. The van der Waals surface area contributed by atoms with Crippen molar-refractivity contribution >= 4 is 17.7 Å². The number of nitrogens with zero attached hydrogens (tertiary/aromatic N) is 1. The SMILES string of the molecule is CCCc1c(OC)ccc(C(=O)N2CCSCC2)c1O. The first kappa shape index (κ1) is 15.0. The number of rotatable bonds is 4. The summed E-state index contributed by atoms with van der Waals surface area (Å²) in [6.45, 7) is 3.53. The predicted molar refractivity (Wildman–Crippen MR) is 81.9 cm³/mol. The number of hydrogen-bond donors (Lipinski definition) is 1. The number of amides is 1. The van der Waals surface area contributed by atoms with Crippen molar-refractivity contribution in [2.45, 2.75) is 19.8 Å². The summed E-state index contributed by atoms with van der Waals surface area (Å²) in [7, 11) is 1.58. The molecule has 2 rings (SSSR count). The van der Waals surface area contributed by atoms with Crippen molar-refractivity contribution in [1.29, 1.82) is 0 Å². The second-order valence-electron chi connectivity index (χ2n) is 4.80. The van der Waals surface area contributed by atoms with E-state index in [2.05, 4.69) is 0 Å². The molecule has 110 valence electrons. The lowest BCUT2D eigenvalue weighted by Crippen LogP contribution is -2.38. The Balaban J connectivity index is 2.31. The minimum Gasteiger partial charge on any atom is -0.507 e. The molecule has 0 unspecified atom stereocenters. The van der Waals surface area contributed by atoms with Gasteiger partial charge in [-0.05, 0) is 18.6 Å². The van der Waals surface area contributed by atoms with Crippen molar-refractivity contribution in [2.24, 2.45) is 0 Å². The summed E-state index contributed by atoms with van der Waals surface area (Å²) in [6, 6.07) is 3.44. The highest BCUT2D eigenvalue weighted by Crippen LogP contribution is 2.33. The maximum Gasteiger partial charge on any atom is 0.257 e. The lowest BCUT2D eigenvalue weighted by atomic mass is 10.0. The van der Waals surface area contributed by atoms with Crippen LogP contribution in [0.25, 0.3) is 0 Å². The fraction of sp³-hybridized carbons (Fsp3) is 0.533. The van der Waals surface area contributed by atoms with Gasteiger partial charge in [0, 0.05) is 30.2 Å². The molecular formula is C15H21NO3S. The number of carbonyl (C=O) groups excluding carboxylic acids is 1. The second-order valence-corrected chi connectivity index (χ2v) is 6.02. The molecule has 0 atom stereocenters.